The quantitative estimate of drug-likeness (QED) is 0.591. The van der Waals surface area contributed by atoms with Crippen LogP contribution in [0, 0.1) is 0 Å². The number of hydrogen-bond donors (Lipinski definition) is 1. The maximum atomic E-state index is 12.4. The van der Waals surface area contributed by atoms with E-state index in [1.807, 2.05) is 4.86 Å². The van der Waals surface area contributed by atoms with Crippen molar-refractivity contribution >= 4 is 26.2 Å². The zero-order valence-corrected chi connectivity index (χ0v) is 11.0. The lowest BCUT2D eigenvalue weighted by Gasteiger charge is -2.16. The summed E-state index contributed by atoms with van der Waals surface area (Å²) < 4.78 is 102. The van der Waals surface area contributed by atoms with Crippen LogP contribution >= 0.6 is 26.2 Å². The van der Waals surface area contributed by atoms with E-state index >= 15 is 0 Å². The van der Waals surface area contributed by atoms with Crippen LogP contribution in [0.3, 0.4) is 0 Å². The zero-order chi connectivity index (χ0) is 14.6. The summed E-state index contributed by atoms with van der Waals surface area (Å²) in [5, 5.41) is 0. The van der Waals surface area contributed by atoms with E-state index in [9.17, 15) is 35.1 Å². The standard InChI is InChI=1S/C4H5F8N2OP3/c5-2(6,7)1-15-18(13-16)14-17-4(11,12)3(8,9)10/h13H,1,16H2. The Morgan fingerprint density at radius 3 is 1.94 bits per heavy atom. The summed E-state index contributed by atoms with van der Waals surface area (Å²) in [6.45, 7) is -1.81. The minimum Gasteiger partial charge on any atom is -0.316 e. The molecule has 108 valence electrons. The highest BCUT2D eigenvalue weighted by atomic mass is 31.2. The molecule has 0 bridgehead atoms. The van der Waals surface area contributed by atoms with Crippen LogP contribution in [0.15, 0.2) is 4.52 Å². The maximum Gasteiger partial charge on any atom is 0.463 e. The van der Waals surface area contributed by atoms with Crippen molar-refractivity contribution in [3.05, 3.63) is 0 Å². The lowest BCUT2D eigenvalue weighted by Crippen LogP contribution is -2.30. The van der Waals surface area contributed by atoms with Gasteiger partial charge in [0, 0.05) is 0 Å². The molecule has 0 radical (unpaired) electrons. The van der Waals surface area contributed by atoms with Crippen molar-refractivity contribution in [1.82, 2.24) is 4.86 Å². The Balaban J connectivity index is 4.54. The molecule has 0 aliphatic carbocycles. The van der Waals surface area contributed by atoms with Gasteiger partial charge in [0.2, 0.25) is 8.45 Å². The van der Waals surface area contributed by atoms with Gasteiger partial charge in [0.1, 0.15) is 15.0 Å². The molecule has 0 rings (SSSR count). The Kier molecular flexibility index (Phi) is 6.78. The molecule has 0 amide bonds. The predicted molar refractivity (Wildman–Crippen MR) is 52.1 cm³/mol. The molecule has 18 heavy (non-hydrogen) atoms. The van der Waals surface area contributed by atoms with Gasteiger partial charge in [-0.15, -0.1) is 0 Å². The summed E-state index contributed by atoms with van der Waals surface area (Å²) in [5.74, 6) is 0. The Hall–Kier alpha value is 0.320. The Morgan fingerprint density at radius 1 is 1.11 bits per heavy atom. The van der Waals surface area contributed by atoms with Crippen LogP contribution in [-0.4, -0.2) is 24.6 Å². The molecule has 0 heterocycles. The largest absolute Gasteiger partial charge is 0.463 e. The fourth-order valence-corrected chi connectivity index (χ4v) is 2.71. The van der Waals surface area contributed by atoms with Crippen molar-refractivity contribution in [2.75, 3.05) is 6.61 Å². The number of rotatable bonds is 5. The molecule has 0 aliphatic rings. The minimum absolute atomic E-state index is 1.62. The molecule has 0 aromatic heterocycles. The summed E-state index contributed by atoms with van der Waals surface area (Å²) in [6, 6.07) is 0. The Bertz CT molecular complexity index is 291. The second-order valence-corrected chi connectivity index (χ2v) is 5.83. The van der Waals surface area contributed by atoms with E-state index in [-0.39, 0.29) is 0 Å². The number of hydrogen-bond acceptors (Lipinski definition) is 3. The average molecular weight is 342 g/mol. The molecule has 0 spiro atoms. The molecule has 14 heteroatoms. The van der Waals surface area contributed by atoms with Crippen molar-refractivity contribution in [3.63, 3.8) is 0 Å². The molecule has 2 unspecified atom stereocenters. The molecule has 3 nitrogen and oxygen atoms in total. The van der Waals surface area contributed by atoms with Gasteiger partial charge in [-0.25, -0.2) is 4.86 Å². The third kappa shape index (κ3) is 7.04. The lowest BCUT2D eigenvalue weighted by atomic mass is 10.7. The first-order valence-electron chi connectivity index (χ1n) is 3.72. The van der Waals surface area contributed by atoms with Gasteiger partial charge in [0.15, 0.2) is 0 Å². The molecule has 0 aliphatic heterocycles. The first-order chi connectivity index (χ1) is 7.89. The summed E-state index contributed by atoms with van der Waals surface area (Å²) in [5.41, 5.74) is -5.14. The van der Waals surface area contributed by atoms with E-state index in [4.69, 9.17) is 0 Å². The molecule has 1 N–H and O–H groups in total. The van der Waals surface area contributed by atoms with Gasteiger partial charge < -0.3 is 4.52 Å². The first kappa shape index (κ1) is 18.3. The third-order valence-corrected chi connectivity index (χ3v) is 3.82. The Labute approximate surface area is 101 Å². The molecule has 0 aromatic carbocycles. The fourth-order valence-electron chi connectivity index (χ4n) is 0.377. The highest BCUT2D eigenvalue weighted by Crippen LogP contribution is 2.49. The molecular weight excluding hydrogens is 337 g/mol. The van der Waals surface area contributed by atoms with Crippen molar-refractivity contribution in [2.24, 2.45) is 4.52 Å². The van der Waals surface area contributed by atoms with E-state index in [2.05, 4.69) is 9.04 Å². The molecule has 0 fully saturated rings. The predicted octanol–water partition coefficient (Wildman–Crippen LogP) is 4.46. The first-order valence-corrected chi connectivity index (χ1v) is 6.36. The van der Waals surface area contributed by atoms with E-state index < -0.39 is 41.4 Å². The van der Waals surface area contributed by atoms with E-state index in [1.165, 1.54) is 0 Å². The second-order valence-electron chi connectivity index (χ2n) is 2.52. The van der Waals surface area contributed by atoms with E-state index in [0.29, 0.717) is 0 Å². The average Bonchev–Trinajstić information content (AvgIpc) is 2.14. The van der Waals surface area contributed by atoms with Crippen molar-refractivity contribution in [2.45, 2.75) is 18.0 Å². The summed E-state index contributed by atoms with van der Waals surface area (Å²) >= 11 is 0. The molecule has 2 atom stereocenters. The molecule has 0 saturated carbocycles. The second kappa shape index (κ2) is 6.66. The minimum atomic E-state index is -5.83. The molecular formula is C4H5F8N2OP3. The highest BCUT2D eigenvalue weighted by Gasteiger charge is 2.57. The van der Waals surface area contributed by atoms with E-state index in [1.54, 1.807) is 9.39 Å². The monoisotopic (exact) mass is 342 g/mol. The van der Waals surface area contributed by atoms with Gasteiger partial charge in [-0.2, -0.15) is 39.6 Å². The van der Waals surface area contributed by atoms with Crippen LogP contribution in [0.1, 0.15) is 0 Å². The van der Waals surface area contributed by atoms with Gasteiger partial charge in [0.25, 0.3) is 0 Å². The van der Waals surface area contributed by atoms with Crippen molar-refractivity contribution in [3.8, 4) is 0 Å². The lowest BCUT2D eigenvalue weighted by molar-refractivity contribution is -0.239. The Morgan fingerprint density at radius 2 is 1.61 bits per heavy atom. The van der Waals surface area contributed by atoms with Crippen LogP contribution in [-0.2, 0) is 4.52 Å². The van der Waals surface area contributed by atoms with Crippen molar-refractivity contribution < 1.29 is 39.6 Å². The van der Waals surface area contributed by atoms with Crippen LogP contribution in [0.4, 0.5) is 35.1 Å². The summed E-state index contributed by atoms with van der Waals surface area (Å²) in [6.07, 6.45) is -10.6. The van der Waals surface area contributed by atoms with Crippen LogP contribution < -0.4 is 4.86 Å². The van der Waals surface area contributed by atoms with Crippen molar-refractivity contribution in [1.29, 1.82) is 0 Å². The number of nitrogens with zero attached hydrogens (tertiary/aromatic N) is 1. The van der Waals surface area contributed by atoms with E-state index in [0.717, 1.165) is 0 Å². The maximum absolute atomic E-state index is 12.4. The number of nitrogens with one attached hydrogen (secondary N) is 1. The van der Waals surface area contributed by atoms with Crippen LogP contribution in [0.25, 0.3) is 0 Å². The third-order valence-electron chi connectivity index (χ3n) is 1.05. The molecule has 0 saturated heterocycles. The van der Waals surface area contributed by atoms with Gasteiger partial charge in [0.05, 0.1) is 0 Å². The molecule has 0 aromatic rings. The van der Waals surface area contributed by atoms with Gasteiger partial charge in [-0.3, -0.25) is 0 Å². The fraction of sp³-hybridized carbons (Fsp3) is 1.00. The van der Waals surface area contributed by atoms with Crippen LogP contribution in [0.5, 0.6) is 0 Å². The smallest absolute Gasteiger partial charge is 0.316 e. The highest BCUT2D eigenvalue weighted by molar-refractivity contribution is 7.59. The number of alkyl halides is 8. The summed E-state index contributed by atoms with van der Waals surface area (Å²) in [7, 11) is -2.73. The normalized spacial score (nSPS) is 16.3. The van der Waals surface area contributed by atoms with Gasteiger partial charge in [-0.1, -0.05) is 9.39 Å². The zero-order valence-electron chi connectivity index (χ0n) is 8.06. The van der Waals surface area contributed by atoms with Crippen LogP contribution in [0.2, 0.25) is 0 Å². The summed E-state index contributed by atoms with van der Waals surface area (Å²) in [4.78, 5) is 1.88. The number of halogens is 8. The topological polar surface area (TPSA) is 33.6 Å². The SMILES string of the molecule is FC(F)(F)COP(N=PC(F)(F)C(F)(F)F)NP. The van der Waals surface area contributed by atoms with Gasteiger partial charge in [-0.05, 0) is 0 Å². The van der Waals surface area contributed by atoms with Gasteiger partial charge >= 0.3 is 18.0 Å².